The average Bonchev–Trinajstić information content (AvgIpc) is 2.44. The maximum absolute atomic E-state index is 11.9. The standard InChI is InChI=1S/C18H16O/c1-15-8-7-12-17(14-15)18(19)13-6-5-11-16-9-3-2-4-10-16/h2-14H,1H3/b11-5+,13-6+. The lowest BCUT2D eigenvalue weighted by atomic mass is 10.1. The van der Waals surface area contributed by atoms with Crippen LogP contribution in [0.3, 0.4) is 0 Å². The lowest BCUT2D eigenvalue weighted by molar-refractivity contribution is 0.104. The van der Waals surface area contributed by atoms with Gasteiger partial charge in [0.15, 0.2) is 5.78 Å². The number of allylic oxidation sites excluding steroid dienone is 3. The first-order chi connectivity index (χ1) is 9.25. The monoisotopic (exact) mass is 248 g/mol. The van der Waals surface area contributed by atoms with Crippen LogP contribution in [-0.4, -0.2) is 5.78 Å². The Bertz CT molecular complexity index is 607. The lowest BCUT2D eigenvalue weighted by Crippen LogP contribution is -1.93. The quantitative estimate of drug-likeness (QED) is 0.444. The minimum Gasteiger partial charge on any atom is -0.289 e. The molecule has 0 saturated carbocycles. The molecule has 19 heavy (non-hydrogen) atoms. The van der Waals surface area contributed by atoms with E-state index in [2.05, 4.69) is 0 Å². The topological polar surface area (TPSA) is 17.1 Å². The first kappa shape index (κ1) is 13.0. The molecule has 2 aromatic rings. The Hall–Kier alpha value is -2.41. The van der Waals surface area contributed by atoms with Crippen LogP contribution in [-0.2, 0) is 0 Å². The second-order valence-corrected chi connectivity index (χ2v) is 4.36. The number of benzene rings is 2. The summed E-state index contributed by atoms with van der Waals surface area (Å²) in [7, 11) is 0. The summed E-state index contributed by atoms with van der Waals surface area (Å²) >= 11 is 0. The highest BCUT2D eigenvalue weighted by Gasteiger charge is 1.99. The molecular formula is C18H16O. The second kappa shape index (κ2) is 6.50. The molecule has 94 valence electrons. The van der Waals surface area contributed by atoms with Gasteiger partial charge in [-0.2, -0.15) is 0 Å². The molecule has 0 heterocycles. The molecule has 0 N–H and O–H groups in total. The van der Waals surface area contributed by atoms with Crippen molar-refractivity contribution in [2.24, 2.45) is 0 Å². The molecule has 0 aromatic heterocycles. The molecule has 0 bridgehead atoms. The molecule has 0 aliphatic rings. The van der Waals surface area contributed by atoms with Crippen molar-refractivity contribution in [2.75, 3.05) is 0 Å². The van der Waals surface area contributed by atoms with Crippen LogP contribution in [0.5, 0.6) is 0 Å². The van der Waals surface area contributed by atoms with E-state index in [-0.39, 0.29) is 5.78 Å². The molecule has 0 unspecified atom stereocenters. The number of hydrogen-bond acceptors (Lipinski definition) is 1. The zero-order chi connectivity index (χ0) is 13.5. The molecule has 0 amide bonds. The maximum atomic E-state index is 11.9. The largest absolute Gasteiger partial charge is 0.289 e. The van der Waals surface area contributed by atoms with E-state index in [1.165, 1.54) is 0 Å². The number of ketones is 1. The molecule has 2 aromatic carbocycles. The van der Waals surface area contributed by atoms with Crippen LogP contribution in [0, 0.1) is 6.92 Å². The summed E-state index contributed by atoms with van der Waals surface area (Å²) in [5.74, 6) is 0.0291. The molecule has 1 heteroatoms. The fraction of sp³-hybridized carbons (Fsp3) is 0.0556. The van der Waals surface area contributed by atoms with Gasteiger partial charge in [0.1, 0.15) is 0 Å². The zero-order valence-electron chi connectivity index (χ0n) is 10.9. The molecule has 0 aliphatic carbocycles. The van der Waals surface area contributed by atoms with Crippen LogP contribution >= 0.6 is 0 Å². The van der Waals surface area contributed by atoms with Crippen LogP contribution < -0.4 is 0 Å². The van der Waals surface area contributed by atoms with E-state index in [9.17, 15) is 4.79 Å². The van der Waals surface area contributed by atoms with Crippen molar-refractivity contribution >= 4 is 11.9 Å². The van der Waals surface area contributed by atoms with Gasteiger partial charge in [-0.1, -0.05) is 72.3 Å². The Morgan fingerprint density at radius 2 is 1.74 bits per heavy atom. The van der Waals surface area contributed by atoms with Crippen LogP contribution in [0.15, 0.2) is 72.8 Å². The third-order valence-corrected chi connectivity index (χ3v) is 2.75. The Balaban J connectivity index is 2.00. The number of hydrogen-bond donors (Lipinski definition) is 0. The van der Waals surface area contributed by atoms with Gasteiger partial charge < -0.3 is 0 Å². The van der Waals surface area contributed by atoms with Gasteiger partial charge in [0.2, 0.25) is 0 Å². The van der Waals surface area contributed by atoms with E-state index in [0.717, 1.165) is 16.7 Å². The second-order valence-electron chi connectivity index (χ2n) is 4.36. The fourth-order valence-electron chi connectivity index (χ4n) is 1.77. The average molecular weight is 248 g/mol. The minimum absolute atomic E-state index is 0.0291. The predicted octanol–water partition coefficient (Wildman–Crippen LogP) is 4.45. The molecule has 0 fully saturated rings. The highest BCUT2D eigenvalue weighted by atomic mass is 16.1. The fourth-order valence-corrected chi connectivity index (χ4v) is 1.77. The highest BCUT2D eigenvalue weighted by Crippen LogP contribution is 2.06. The third-order valence-electron chi connectivity index (χ3n) is 2.75. The van der Waals surface area contributed by atoms with E-state index in [1.54, 1.807) is 12.2 Å². The minimum atomic E-state index is 0.0291. The number of carbonyl (C=O) groups is 1. The molecule has 0 aliphatic heterocycles. The van der Waals surface area contributed by atoms with Crippen LogP contribution in [0.2, 0.25) is 0 Å². The van der Waals surface area contributed by atoms with Crippen molar-refractivity contribution < 1.29 is 4.79 Å². The van der Waals surface area contributed by atoms with Gasteiger partial charge in [-0.25, -0.2) is 0 Å². The van der Waals surface area contributed by atoms with Gasteiger partial charge in [0.05, 0.1) is 0 Å². The zero-order valence-corrected chi connectivity index (χ0v) is 10.9. The molecule has 0 spiro atoms. The maximum Gasteiger partial charge on any atom is 0.185 e. The number of rotatable bonds is 4. The van der Waals surface area contributed by atoms with Crippen molar-refractivity contribution in [3.63, 3.8) is 0 Å². The molecule has 2 rings (SSSR count). The van der Waals surface area contributed by atoms with Crippen molar-refractivity contribution in [3.8, 4) is 0 Å². The van der Waals surface area contributed by atoms with Crippen LogP contribution in [0.1, 0.15) is 21.5 Å². The summed E-state index contributed by atoms with van der Waals surface area (Å²) in [5, 5.41) is 0. The Kier molecular flexibility index (Phi) is 4.46. The third kappa shape index (κ3) is 4.07. The van der Waals surface area contributed by atoms with Gasteiger partial charge in [-0.15, -0.1) is 0 Å². The SMILES string of the molecule is Cc1cccc(C(=O)/C=C/C=C/c2ccccc2)c1. The number of carbonyl (C=O) groups excluding carboxylic acids is 1. The highest BCUT2D eigenvalue weighted by molar-refractivity contribution is 6.04. The molecule has 0 radical (unpaired) electrons. The Morgan fingerprint density at radius 3 is 2.47 bits per heavy atom. The molecule has 0 atom stereocenters. The van der Waals surface area contributed by atoms with Crippen molar-refractivity contribution in [2.45, 2.75) is 6.92 Å². The van der Waals surface area contributed by atoms with Gasteiger partial charge in [0, 0.05) is 5.56 Å². The number of aryl methyl sites for hydroxylation is 1. The first-order valence-corrected chi connectivity index (χ1v) is 6.26. The molecule has 0 saturated heterocycles. The summed E-state index contributed by atoms with van der Waals surface area (Å²) in [6, 6.07) is 17.6. The van der Waals surface area contributed by atoms with E-state index in [0.29, 0.717) is 0 Å². The Morgan fingerprint density at radius 1 is 0.947 bits per heavy atom. The van der Waals surface area contributed by atoms with E-state index < -0.39 is 0 Å². The molecule has 1 nitrogen and oxygen atoms in total. The van der Waals surface area contributed by atoms with Crippen molar-refractivity contribution in [1.82, 2.24) is 0 Å². The summed E-state index contributed by atoms with van der Waals surface area (Å²) in [4.78, 5) is 11.9. The Labute approximate surface area is 113 Å². The summed E-state index contributed by atoms with van der Waals surface area (Å²) in [6.07, 6.45) is 7.22. The smallest absolute Gasteiger partial charge is 0.185 e. The van der Waals surface area contributed by atoms with Crippen molar-refractivity contribution in [3.05, 3.63) is 89.5 Å². The van der Waals surface area contributed by atoms with Gasteiger partial charge in [-0.05, 0) is 24.6 Å². The summed E-state index contributed by atoms with van der Waals surface area (Å²) in [6.45, 7) is 1.98. The molecular weight excluding hydrogens is 232 g/mol. The normalized spacial score (nSPS) is 11.2. The lowest BCUT2D eigenvalue weighted by Gasteiger charge is -1.96. The van der Waals surface area contributed by atoms with Gasteiger partial charge in [-0.3, -0.25) is 4.79 Å². The first-order valence-electron chi connectivity index (χ1n) is 6.26. The van der Waals surface area contributed by atoms with Gasteiger partial charge >= 0.3 is 0 Å². The van der Waals surface area contributed by atoms with Crippen molar-refractivity contribution in [1.29, 1.82) is 0 Å². The summed E-state index contributed by atoms with van der Waals surface area (Å²) in [5.41, 5.74) is 2.94. The van der Waals surface area contributed by atoms with E-state index in [1.807, 2.05) is 73.7 Å². The van der Waals surface area contributed by atoms with Crippen LogP contribution in [0.4, 0.5) is 0 Å². The van der Waals surface area contributed by atoms with E-state index in [4.69, 9.17) is 0 Å². The van der Waals surface area contributed by atoms with Gasteiger partial charge in [0.25, 0.3) is 0 Å². The van der Waals surface area contributed by atoms with E-state index >= 15 is 0 Å². The van der Waals surface area contributed by atoms with Crippen LogP contribution in [0.25, 0.3) is 6.08 Å². The summed E-state index contributed by atoms with van der Waals surface area (Å²) < 4.78 is 0. The predicted molar refractivity (Wildman–Crippen MR) is 80.1 cm³/mol.